The number of furan rings is 1. The minimum Gasteiger partial charge on any atom is -0.456 e. The molecular weight excluding hydrogens is 256 g/mol. The first-order chi connectivity index (χ1) is 10.1. The van der Waals surface area contributed by atoms with Gasteiger partial charge in [-0.3, -0.25) is 0 Å². The highest BCUT2D eigenvalue weighted by Crippen LogP contribution is 2.40. The molecule has 3 aromatic carbocycles. The van der Waals surface area contributed by atoms with Crippen molar-refractivity contribution in [3.05, 3.63) is 60.2 Å². The van der Waals surface area contributed by atoms with E-state index in [0.29, 0.717) is 0 Å². The summed E-state index contributed by atoms with van der Waals surface area (Å²) in [4.78, 5) is 0. The van der Waals surface area contributed by atoms with Crippen LogP contribution in [0.25, 0.3) is 32.7 Å². The molecule has 0 saturated heterocycles. The molecule has 0 N–H and O–H groups in total. The molecule has 0 aliphatic carbocycles. The highest BCUT2D eigenvalue weighted by atomic mass is 16.3. The fraction of sp³-hybridized carbons (Fsp3) is 0.200. The second kappa shape index (κ2) is 4.11. The maximum atomic E-state index is 6.22. The van der Waals surface area contributed by atoms with Crippen LogP contribution in [-0.4, -0.2) is 0 Å². The van der Waals surface area contributed by atoms with Gasteiger partial charge in [0.1, 0.15) is 11.2 Å². The summed E-state index contributed by atoms with van der Waals surface area (Å²) in [7, 11) is 0. The summed E-state index contributed by atoms with van der Waals surface area (Å²) in [6.45, 7) is 6.72. The van der Waals surface area contributed by atoms with Gasteiger partial charge in [-0.2, -0.15) is 0 Å². The molecule has 1 heterocycles. The lowest BCUT2D eigenvalue weighted by Gasteiger charge is -2.20. The molecule has 4 rings (SSSR count). The number of hydrogen-bond acceptors (Lipinski definition) is 1. The van der Waals surface area contributed by atoms with Gasteiger partial charge >= 0.3 is 0 Å². The first-order valence-corrected chi connectivity index (χ1v) is 7.39. The van der Waals surface area contributed by atoms with Crippen molar-refractivity contribution in [1.82, 2.24) is 0 Å². The van der Waals surface area contributed by atoms with E-state index in [1.54, 1.807) is 0 Å². The van der Waals surface area contributed by atoms with Gasteiger partial charge < -0.3 is 4.42 Å². The Morgan fingerprint density at radius 2 is 1.48 bits per heavy atom. The van der Waals surface area contributed by atoms with E-state index in [4.69, 9.17) is 4.42 Å². The number of fused-ring (bicyclic) bond motifs is 5. The predicted octanol–water partition coefficient (Wildman–Crippen LogP) is 6.04. The average molecular weight is 274 g/mol. The zero-order valence-corrected chi connectivity index (χ0v) is 12.6. The first-order valence-electron chi connectivity index (χ1n) is 7.39. The largest absolute Gasteiger partial charge is 0.456 e. The van der Waals surface area contributed by atoms with Gasteiger partial charge in [0.15, 0.2) is 0 Å². The summed E-state index contributed by atoms with van der Waals surface area (Å²) >= 11 is 0. The van der Waals surface area contributed by atoms with Crippen LogP contribution in [0.5, 0.6) is 0 Å². The highest BCUT2D eigenvalue weighted by Gasteiger charge is 2.22. The van der Waals surface area contributed by atoms with Gasteiger partial charge in [0.2, 0.25) is 0 Å². The van der Waals surface area contributed by atoms with Crippen molar-refractivity contribution in [2.24, 2.45) is 0 Å². The molecule has 21 heavy (non-hydrogen) atoms. The van der Waals surface area contributed by atoms with Gasteiger partial charge in [-0.1, -0.05) is 63.2 Å². The molecule has 1 nitrogen and oxygen atoms in total. The van der Waals surface area contributed by atoms with Crippen molar-refractivity contribution in [2.45, 2.75) is 26.2 Å². The Morgan fingerprint density at radius 3 is 2.24 bits per heavy atom. The lowest BCUT2D eigenvalue weighted by atomic mass is 9.84. The number of hydrogen-bond donors (Lipinski definition) is 0. The number of benzene rings is 3. The summed E-state index contributed by atoms with van der Waals surface area (Å²) in [5, 5.41) is 5.00. The SMILES string of the molecule is CC(C)(C)c1cc2ccccc2c2c1oc1ccccc12. The molecule has 1 aromatic heterocycles. The molecule has 0 bridgehead atoms. The molecule has 4 aromatic rings. The molecule has 1 heteroatoms. The van der Waals surface area contributed by atoms with E-state index in [0.717, 1.165) is 11.2 Å². The number of rotatable bonds is 0. The smallest absolute Gasteiger partial charge is 0.139 e. The highest BCUT2D eigenvalue weighted by molar-refractivity contribution is 6.19. The molecule has 0 aliphatic rings. The minimum absolute atomic E-state index is 0.0517. The van der Waals surface area contributed by atoms with Gasteiger partial charge in [0.25, 0.3) is 0 Å². The fourth-order valence-corrected chi connectivity index (χ4v) is 3.13. The Balaban J connectivity index is 2.34. The Bertz CT molecular complexity index is 968. The molecule has 0 amide bonds. The first kappa shape index (κ1) is 12.5. The second-order valence-electron chi connectivity index (χ2n) is 6.70. The maximum absolute atomic E-state index is 6.22. The average Bonchev–Trinajstić information content (AvgIpc) is 2.84. The zero-order valence-electron chi connectivity index (χ0n) is 12.6. The Hall–Kier alpha value is -2.28. The molecule has 0 radical (unpaired) electrons. The Morgan fingerprint density at radius 1 is 0.810 bits per heavy atom. The minimum atomic E-state index is 0.0517. The quantitative estimate of drug-likeness (QED) is 0.381. The van der Waals surface area contributed by atoms with Crippen LogP contribution in [0.1, 0.15) is 26.3 Å². The van der Waals surface area contributed by atoms with Crippen molar-refractivity contribution in [1.29, 1.82) is 0 Å². The lowest BCUT2D eigenvalue weighted by molar-refractivity contribution is 0.573. The van der Waals surface area contributed by atoms with Crippen LogP contribution in [0, 0.1) is 0 Å². The topological polar surface area (TPSA) is 13.1 Å². The van der Waals surface area contributed by atoms with E-state index in [9.17, 15) is 0 Å². The van der Waals surface area contributed by atoms with E-state index >= 15 is 0 Å². The lowest BCUT2D eigenvalue weighted by Crippen LogP contribution is -2.11. The van der Waals surface area contributed by atoms with E-state index < -0.39 is 0 Å². The Kier molecular flexibility index (Phi) is 2.44. The van der Waals surface area contributed by atoms with Crippen molar-refractivity contribution >= 4 is 32.7 Å². The summed E-state index contributed by atoms with van der Waals surface area (Å²) < 4.78 is 6.22. The molecule has 0 aliphatic heterocycles. The standard InChI is InChI=1S/C20H18O/c1-20(2,3)16-12-13-8-4-5-9-14(13)18-15-10-6-7-11-17(15)21-19(16)18/h4-12H,1-3H3. The predicted molar refractivity (Wildman–Crippen MR) is 89.9 cm³/mol. The van der Waals surface area contributed by atoms with Crippen molar-refractivity contribution < 1.29 is 4.42 Å². The fourth-order valence-electron chi connectivity index (χ4n) is 3.13. The Labute approximate surface area is 124 Å². The van der Waals surface area contributed by atoms with Crippen molar-refractivity contribution in [3.8, 4) is 0 Å². The van der Waals surface area contributed by atoms with Crippen LogP contribution in [0.3, 0.4) is 0 Å². The zero-order chi connectivity index (χ0) is 14.6. The van der Waals surface area contributed by atoms with E-state index in [1.807, 2.05) is 6.07 Å². The third-order valence-corrected chi connectivity index (χ3v) is 4.18. The van der Waals surface area contributed by atoms with E-state index in [-0.39, 0.29) is 5.41 Å². The monoisotopic (exact) mass is 274 g/mol. The van der Waals surface area contributed by atoms with Gasteiger partial charge in [-0.05, 0) is 28.3 Å². The van der Waals surface area contributed by atoms with E-state index in [2.05, 4.69) is 69.3 Å². The normalized spacial score (nSPS) is 12.5. The molecular formula is C20H18O. The van der Waals surface area contributed by atoms with Crippen molar-refractivity contribution in [3.63, 3.8) is 0 Å². The van der Waals surface area contributed by atoms with Crippen LogP contribution in [0.4, 0.5) is 0 Å². The van der Waals surface area contributed by atoms with Crippen LogP contribution >= 0.6 is 0 Å². The third-order valence-electron chi connectivity index (χ3n) is 4.18. The molecule has 104 valence electrons. The van der Waals surface area contributed by atoms with Gasteiger partial charge in [-0.15, -0.1) is 0 Å². The molecule has 0 fully saturated rings. The van der Waals surface area contributed by atoms with Crippen LogP contribution in [0.2, 0.25) is 0 Å². The molecule has 0 saturated carbocycles. The summed E-state index contributed by atoms with van der Waals surface area (Å²) in [6, 6.07) is 19.2. The summed E-state index contributed by atoms with van der Waals surface area (Å²) in [6.07, 6.45) is 0. The van der Waals surface area contributed by atoms with E-state index in [1.165, 1.54) is 27.1 Å². The third kappa shape index (κ3) is 1.77. The maximum Gasteiger partial charge on any atom is 0.139 e. The van der Waals surface area contributed by atoms with Crippen LogP contribution < -0.4 is 0 Å². The second-order valence-corrected chi connectivity index (χ2v) is 6.70. The summed E-state index contributed by atoms with van der Waals surface area (Å²) in [5.41, 5.74) is 3.32. The van der Waals surface area contributed by atoms with Crippen LogP contribution in [-0.2, 0) is 5.41 Å². The van der Waals surface area contributed by atoms with Gasteiger partial charge in [0.05, 0.1) is 0 Å². The van der Waals surface area contributed by atoms with Gasteiger partial charge in [0, 0.05) is 16.3 Å². The van der Waals surface area contributed by atoms with Crippen LogP contribution in [0.15, 0.2) is 59.0 Å². The molecule has 0 atom stereocenters. The molecule has 0 spiro atoms. The van der Waals surface area contributed by atoms with Gasteiger partial charge in [-0.25, -0.2) is 0 Å². The number of para-hydroxylation sites is 1. The molecule has 0 unspecified atom stereocenters. The summed E-state index contributed by atoms with van der Waals surface area (Å²) in [5.74, 6) is 0. The van der Waals surface area contributed by atoms with Crippen molar-refractivity contribution in [2.75, 3.05) is 0 Å².